The maximum atomic E-state index is 12.1. The summed E-state index contributed by atoms with van der Waals surface area (Å²) < 4.78 is 7.58. The van der Waals surface area contributed by atoms with Crippen molar-refractivity contribution >= 4 is 5.97 Å². The summed E-state index contributed by atoms with van der Waals surface area (Å²) in [6.45, 7) is 3.75. The van der Waals surface area contributed by atoms with Crippen LogP contribution in [0.1, 0.15) is 23.9 Å². The van der Waals surface area contributed by atoms with Gasteiger partial charge in [-0.1, -0.05) is 36.9 Å². The Bertz CT molecular complexity index is 883. The number of nitrogens with zero attached hydrogens (tertiary/aromatic N) is 3. The van der Waals surface area contributed by atoms with Crippen molar-refractivity contribution in [3.63, 3.8) is 0 Å². The number of esters is 1. The fraction of sp³-hybridized carbons (Fsp3) is 0.294. The third-order valence-corrected chi connectivity index (χ3v) is 3.87. The Morgan fingerprint density at radius 2 is 2.04 bits per heavy atom. The maximum Gasteiger partial charge on any atom is 0.333 e. The van der Waals surface area contributed by atoms with Crippen LogP contribution in [0.15, 0.2) is 52.6 Å². The summed E-state index contributed by atoms with van der Waals surface area (Å²) in [5.74, 6) is -0.128. The van der Waals surface area contributed by atoms with Crippen molar-refractivity contribution in [3.05, 3.63) is 75.1 Å². The summed E-state index contributed by atoms with van der Waals surface area (Å²) in [5, 5.41) is 4.10. The van der Waals surface area contributed by atoms with E-state index in [0.717, 1.165) is 16.7 Å². The van der Waals surface area contributed by atoms with Gasteiger partial charge in [0.15, 0.2) is 0 Å². The van der Waals surface area contributed by atoms with Gasteiger partial charge in [-0.05, 0) is 18.1 Å². The van der Waals surface area contributed by atoms with E-state index in [2.05, 4.69) is 11.7 Å². The van der Waals surface area contributed by atoms with Gasteiger partial charge >= 0.3 is 17.1 Å². The molecule has 1 aromatic carbocycles. The highest BCUT2D eigenvalue weighted by Crippen LogP contribution is 2.18. The molecular weight excluding hydrogens is 310 g/mol. The number of carbonyl (C=O) groups is 1. The Labute approximate surface area is 137 Å². The Balaban J connectivity index is 1.78. The van der Waals surface area contributed by atoms with Gasteiger partial charge in [-0.25, -0.2) is 4.68 Å². The number of carbonyl (C=O) groups excluding carboxylic acids is 1. The quantitative estimate of drug-likeness (QED) is 0.461. The van der Waals surface area contributed by atoms with E-state index in [4.69, 9.17) is 4.74 Å². The third kappa shape index (κ3) is 3.05. The fourth-order valence-corrected chi connectivity index (χ4v) is 2.70. The van der Waals surface area contributed by atoms with Crippen LogP contribution in [-0.4, -0.2) is 20.3 Å². The fourth-order valence-electron chi connectivity index (χ4n) is 2.70. The SMILES string of the molecule is C=CC(OC(=O)Cn1nc2n(c(=O)c1=O)CCC2)c1ccccc1. The van der Waals surface area contributed by atoms with Crippen LogP contribution >= 0.6 is 0 Å². The van der Waals surface area contributed by atoms with E-state index in [1.165, 1.54) is 10.6 Å². The molecule has 7 nitrogen and oxygen atoms in total. The minimum Gasteiger partial charge on any atom is -0.452 e. The number of aromatic nitrogens is 3. The molecule has 0 aliphatic carbocycles. The van der Waals surface area contributed by atoms with E-state index >= 15 is 0 Å². The average molecular weight is 327 g/mol. The van der Waals surface area contributed by atoms with Gasteiger partial charge in [0.05, 0.1) is 0 Å². The van der Waals surface area contributed by atoms with Gasteiger partial charge in [-0.3, -0.25) is 19.0 Å². The van der Waals surface area contributed by atoms with Crippen LogP contribution in [0.25, 0.3) is 0 Å². The average Bonchev–Trinajstić information content (AvgIpc) is 3.06. The molecule has 0 fully saturated rings. The van der Waals surface area contributed by atoms with E-state index in [-0.39, 0.29) is 0 Å². The standard InChI is InChI=1S/C17H17N3O4/c1-2-13(12-7-4-3-5-8-12)24-15(21)11-20-17(23)16(22)19-10-6-9-14(19)18-20/h2-5,7-8,13H,1,6,9-11H2. The molecule has 0 amide bonds. The Kier molecular flexibility index (Phi) is 4.41. The summed E-state index contributed by atoms with van der Waals surface area (Å²) >= 11 is 0. The molecule has 0 bridgehead atoms. The molecule has 2 heterocycles. The zero-order valence-electron chi connectivity index (χ0n) is 13.1. The molecule has 0 radical (unpaired) electrons. The van der Waals surface area contributed by atoms with E-state index in [1.54, 1.807) is 0 Å². The molecule has 0 spiro atoms. The van der Waals surface area contributed by atoms with Gasteiger partial charge in [0.2, 0.25) is 0 Å². The van der Waals surface area contributed by atoms with Crippen molar-refractivity contribution in [1.82, 2.24) is 14.3 Å². The van der Waals surface area contributed by atoms with E-state index in [0.29, 0.717) is 18.8 Å². The van der Waals surface area contributed by atoms with Crippen molar-refractivity contribution in [1.29, 1.82) is 0 Å². The maximum absolute atomic E-state index is 12.1. The summed E-state index contributed by atoms with van der Waals surface area (Å²) in [6.07, 6.45) is 2.26. The van der Waals surface area contributed by atoms with Crippen LogP contribution in [0, 0.1) is 0 Å². The van der Waals surface area contributed by atoms with Crippen LogP contribution in [0.5, 0.6) is 0 Å². The second kappa shape index (κ2) is 6.66. The van der Waals surface area contributed by atoms with Crippen molar-refractivity contribution in [3.8, 4) is 0 Å². The van der Waals surface area contributed by atoms with E-state index in [9.17, 15) is 14.4 Å². The van der Waals surface area contributed by atoms with Gasteiger partial charge in [0, 0.05) is 13.0 Å². The van der Waals surface area contributed by atoms with Crippen LogP contribution in [-0.2, 0) is 29.0 Å². The molecule has 0 N–H and O–H groups in total. The molecule has 2 aromatic rings. The van der Waals surface area contributed by atoms with Gasteiger partial charge in [0.25, 0.3) is 0 Å². The first-order valence-corrected chi connectivity index (χ1v) is 7.68. The highest BCUT2D eigenvalue weighted by molar-refractivity contribution is 5.69. The summed E-state index contributed by atoms with van der Waals surface area (Å²) in [4.78, 5) is 36.2. The number of aryl methyl sites for hydroxylation is 1. The van der Waals surface area contributed by atoms with Crippen LogP contribution in [0.3, 0.4) is 0 Å². The van der Waals surface area contributed by atoms with Crippen molar-refractivity contribution in [2.45, 2.75) is 32.0 Å². The number of hydrogen-bond donors (Lipinski definition) is 0. The zero-order chi connectivity index (χ0) is 17.1. The first kappa shape index (κ1) is 15.9. The lowest BCUT2D eigenvalue weighted by Gasteiger charge is -2.15. The molecule has 0 saturated heterocycles. The summed E-state index contributed by atoms with van der Waals surface area (Å²) in [6, 6.07) is 9.13. The molecule has 1 atom stereocenters. The number of hydrogen-bond acceptors (Lipinski definition) is 5. The molecular formula is C17H17N3O4. The van der Waals surface area contributed by atoms with Gasteiger partial charge in [0.1, 0.15) is 18.5 Å². The molecule has 1 aromatic heterocycles. The van der Waals surface area contributed by atoms with E-state index in [1.807, 2.05) is 30.3 Å². The molecule has 7 heteroatoms. The van der Waals surface area contributed by atoms with Gasteiger partial charge in [-0.2, -0.15) is 5.10 Å². The predicted molar refractivity (Wildman–Crippen MR) is 86.6 cm³/mol. The van der Waals surface area contributed by atoms with Crippen molar-refractivity contribution < 1.29 is 9.53 Å². The Morgan fingerprint density at radius 1 is 1.29 bits per heavy atom. The molecule has 1 aliphatic heterocycles. The molecule has 1 aliphatic rings. The minimum absolute atomic E-state index is 0.404. The largest absolute Gasteiger partial charge is 0.452 e. The number of fused-ring (bicyclic) bond motifs is 1. The number of benzene rings is 1. The molecule has 1 unspecified atom stereocenters. The van der Waals surface area contributed by atoms with Crippen molar-refractivity contribution in [2.75, 3.05) is 0 Å². The second-order valence-corrected chi connectivity index (χ2v) is 5.50. The minimum atomic E-state index is -0.813. The summed E-state index contributed by atoms with van der Waals surface area (Å²) in [7, 11) is 0. The lowest BCUT2D eigenvalue weighted by molar-refractivity contribution is -0.148. The topological polar surface area (TPSA) is 83.2 Å². The molecule has 24 heavy (non-hydrogen) atoms. The van der Waals surface area contributed by atoms with Crippen LogP contribution in [0.4, 0.5) is 0 Å². The molecule has 0 saturated carbocycles. The third-order valence-electron chi connectivity index (χ3n) is 3.87. The normalized spacial score (nSPS) is 14.0. The monoisotopic (exact) mass is 327 g/mol. The molecule has 3 rings (SSSR count). The van der Waals surface area contributed by atoms with E-state index < -0.39 is 29.7 Å². The first-order valence-electron chi connectivity index (χ1n) is 7.68. The van der Waals surface area contributed by atoms with Crippen LogP contribution < -0.4 is 11.1 Å². The Hall–Kier alpha value is -2.96. The highest BCUT2D eigenvalue weighted by Gasteiger charge is 2.20. The highest BCUT2D eigenvalue weighted by atomic mass is 16.5. The number of rotatable bonds is 5. The van der Waals surface area contributed by atoms with Crippen LogP contribution in [0.2, 0.25) is 0 Å². The van der Waals surface area contributed by atoms with Gasteiger partial charge < -0.3 is 4.74 Å². The summed E-state index contributed by atoms with van der Waals surface area (Å²) in [5.41, 5.74) is -0.684. The molecule has 124 valence electrons. The number of ether oxygens (including phenoxy) is 1. The zero-order valence-corrected chi connectivity index (χ0v) is 13.1. The van der Waals surface area contributed by atoms with Gasteiger partial charge in [-0.15, -0.1) is 0 Å². The van der Waals surface area contributed by atoms with Crippen molar-refractivity contribution in [2.24, 2.45) is 0 Å². The Morgan fingerprint density at radius 3 is 2.75 bits per heavy atom. The predicted octanol–water partition coefficient (Wildman–Crippen LogP) is 0.822. The first-order chi connectivity index (χ1) is 11.6. The lowest BCUT2D eigenvalue weighted by atomic mass is 10.1. The lowest BCUT2D eigenvalue weighted by Crippen LogP contribution is -2.44. The second-order valence-electron chi connectivity index (χ2n) is 5.50. The smallest absolute Gasteiger partial charge is 0.333 e.